The number of para-hydroxylation sites is 1. The number of hydrogen-bond acceptors (Lipinski definition) is 4. The van der Waals surface area contributed by atoms with Crippen molar-refractivity contribution in [3.05, 3.63) is 29.3 Å². The lowest BCUT2D eigenvalue weighted by molar-refractivity contribution is 0.149. The first kappa shape index (κ1) is 13.0. The van der Waals surface area contributed by atoms with Gasteiger partial charge in [-0.2, -0.15) is 0 Å². The summed E-state index contributed by atoms with van der Waals surface area (Å²) in [6, 6.07) is 8.38. The molecular weight excluding hydrogens is 256 g/mol. The Labute approximate surface area is 118 Å². The topological polar surface area (TPSA) is 34.2 Å². The van der Waals surface area contributed by atoms with E-state index in [4.69, 9.17) is 9.72 Å². The Morgan fingerprint density at radius 3 is 3.05 bits per heavy atom. The van der Waals surface area contributed by atoms with Crippen molar-refractivity contribution in [1.82, 2.24) is 10.3 Å². The summed E-state index contributed by atoms with van der Waals surface area (Å²) in [7, 11) is 0. The van der Waals surface area contributed by atoms with Gasteiger partial charge in [0.2, 0.25) is 0 Å². The summed E-state index contributed by atoms with van der Waals surface area (Å²) in [4.78, 5) is 4.76. The Balaban J connectivity index is 1.81. The molecule has 1 unspecified atom stereocenters. The van der Waals surface area contributed by atoms with E-state index in [1.54, 1.807) is 0 Å². The Morgan fingerprint density at radius 2 is 2.32 bits per heavy atom. The van der Waals surface area contributed by atoms with E-state index in [0.29, 0.717) is 0 Å². The number of aromatic nitrogens is 1. The summed E-state index contributed by atoms with van der Waals surface area (Å²) in [5.74, 6) is 0. The molecule has 4 heteroatoms. The Hall–Kier alpha value is -0.970. The van der Waals surface area contributed by atoms with Crippen LogP contribution in [0.4, 0.5) is 0 Å². The van der Waals surface area contributed by atoms with Gasteiger partial charge in [-0.3, -0.25) is 0 Å². The molecule has 1 atom stereocenters. The van der Waals surface area contributed by atoms with Gasteiger partial charge in [0.25, 0.3) is 0 Å². The maximum atomic E-state index is 5.64. The largest absolute Gasteiger partial charge is 0.381 e. The van der Waals surface area contributed by atoms with E-state index < -0.39 is 0 Å². The summed E-state index contributed by atoms with van der Waals surface area (Å²) in [5.41, 5.74) is 1.36. The number of ether oxygens (including phenoxy) is 1. The highest BCUT2D eigenvalue weighted by molar-refractivity contribution is 7.18. The van der Waals surface area contributed by atoms with Crippen molar-refractivity contribution in [2.75, 3.05) is 26.3 Å². The number of thiazole rings is 1. The lowest BCUT2D eigenvalue weighted by Gasteiger charge is -2.26. The highest BCUT2D eigenvalue weighted by Gasteiger charge is 2.35. The van der Waals surface area contributed by atoms with E-state index in [2.05, 4.69) is 36.5 Å². The van der Waals surface area contributed by atoms with Crippen LogP contribution in [0, 0.1) is 5.41 Å². The molecule has 1 N–H and O–H groups in total. The summed E-state index contributed by atoms with van der Waals surface area (Å²) in [6.45, 7) is 5.94. The average Bonchev–Trinajstić information content (AvgIpc) is 3.03. The first-order valence-corrected chi connectivity index (χ1v) is 7.76. The Morgan fingerprint density at radius 1 is 1.42 bits per heavy atom. The molecule has 0 bridgehead atoms. The summed E-state index contributed by atoms with van der Waals surface area (Å²) >= 11 is 1.82. The maximum absolute atomic E-state index is 5.64. The fourth-order valence-corrected chi connectivity index (χ4v) is 3.84. The van der Waals surface area contributed by atoms with E-state index >= 15 is 0 Å². The molecule has 1 aliphatic heterocycles. The van der Waals surface area contributed by atoms with Gasteiger partial charge in [0, 0.05) is 25.0 Å². The van der Waals surface area contributed by atoms with Gasteiger partial charge in [0.1, 0.15) is 0 Å². The normalized spacial score (nSPS) is 23.2. The van der Waals surface area contributed by atoms with Gasteiger partial charge in [-0.1, -0.05) is 19.1 Å². The van der Waals surface area contributed by atoms with Crippen LogP contribution in [0.25, 0.3) is 10.2 Å². The first-order valence-electron chi connectivity index (χ1n) is 6.94. The van der Waals surface area contributed by atoms with Crippen molar-refractivity contribution >= 4 is 21.6 Å². The van der Waals surface area contributed by atoms with Crippen LogP contribution in [0.2, 0.25) is 0 Å². The predicted molar refractivity (Wildman–Crippen MR) is 79.7 cm³/mol. The molecule has 2 aromatic rings. The molecule has 3 nitrogen and oxygen atoms in total. The van der Waals surface area contributed by atoms with Crippen LogP contribution in [0.3, 0.4) is 0 Å². The first-order chi connectivity index (χ1) is 9.31. The molecule has 0 saturated carbocycles. The number of nitrogens with one attached hydrogen (secondary N) is 1. The van der Waals surface area contributed by atoms with Gasteiger partial charge in [-0.15, -0.1) is 11.3 Å². The standard InChI is InChI=1S/C15H20N2OS/c1-2-16-10-15(7-8-18-11-15)9-14-17-12-5-3-4-6-13(12)19-14/h3-6,16H,2,7-11H2,1H3. The van der Waals surface area contributed by atoms with Crippen LogP contribution in [0.5, 0.6) is 0 Å². The number of rotatable bonds is 5. The van der Waals surface area contributed by atoms with Gasteiger partial charge < -0.3 is 10.1 Å². The lowest BCUT2D eigenvalue weighted by Crippen LogP contribution is -2.36. The van der Waals surface area contributed by atoms with Gasteiger partial charge in [0.15, 0.2) is 0 Å². The third-order valence-electron chi connectivity index (χ3n) is 3.80. The zero-order valence-corrected chi connectivity index (χ0v) is 12.1. The van der Waals surface area contributed by atoms with Crippen molar-refractivity contribution in [3.8, 4) is 0 Å². The summed E-state index contributed by atoms with van der Waals surface area (Å²) < 4.78 is 6.93. The summed E-state index contributed by atoms with van der Waals surface area (Å²) in [6.07, 6.45) is 2.16. The quantitative estimate of drug-likeness (QED) is 0.912. The fraction of sp³-hybridized carbons (Fsp3) is 0.533. The lowest BCUT2D eigenvalue weighted by atomic mass is 9.84. The van der Waals surface area contributed by atoms with Crippen LogP contribution in [-0.2, 0) is 11.2 Å². The molecule has 1 aromatic heterocycles. The minimum absolute atomic E-state index is 0.240. The molecule has 0 spiro atoms. The highest BCUT2D eigenvalue weighted by Crippen LogP contribution is 2.34. The molecule has 102 valence electrons. The molecule has 2 heterocycles. The maximum Gasteiger partial charge on any atom is 0.0945 e. The van der Waals surface area contributed by atoms with E-state index in [1.807, 2.05) is 11.3 Å². The third-order valence-corrected chi connectivity index (χ3v) is 4.84. The second kappa shape index (κ2) is 5.57. The van der Waals surface area contributed by atoms with Gasteiger partial charge >= 0.3 is 0 Å². The Bertz CT molecular complexity index is 513. The second-order valence-electron chi connectivity index (χ2n) is 5.34. The minimum atomic E-state index is 0.240. The molecule has 3 rings (SSSR count). The number of fused-ring (bicyclic) bond motifs is 1. The van der Waals surface area contributed by atoms with Crippen LogP contribution in [0.1, 0.15) is 18.4 Å². The van der Waals surface area contributed by atoms with Crippen molar-refractivity contribution in [2.45, 2.75) is 19.8 Å². The van der Waals surface area contributed by atoms with Gasteiger partial charge in [0.05, 0.1) is 21.8 Å². The average molecular weight is 276 g/mol. The number of benzene rings is 1. The minimum Gasteiger partial charge on any atom is -0.381 e. The van der Waals surface area contributed by atoms with Crippen LogP contribution >= 0.6 is 11.3 Å². The predicted octanol–water partition coefficient (Wildman–Crippen LogP) is 2.86. The molecule has 0 amide bonds. The highest BCUT2D eigenvalue weighted by atomic mass is 32.1. The molecule has 19 heavy (non-hydrogen) atoms. The number of nitrogens with zero attached hydrogens (tertiary/aromatic N) is 1. The molecule has 1 saturated heterocycles. The van der Waals surface area contributed by atoms with Crippen molar-refractivity contribution in [3.63, 3.8) is 0 Å². The van der Waals surface area contributed by atoms with E-state index in [9.17, 15) is 0 Å². The van der Waals surface area contributed by atoms with Crippen molar-refractivity contribution < 1.29 is 4.74 Å². The zero-order valence-electron chi connectivity index (χ0n) is 11.3. The van der Waals surface area contributed by atoms with Crippen LogP contribution in [0.15, 0.2) is 24.3 Å². The zero-order chi connectivity index (χ0) is 13.1. The van der Waals surface area contributed by atoms with Crippen molar-refractivity contribution in [1.29, 1.82) is 0 Å². The molecular formula is C15H20N2OS. The van der Waals surface area contributed by atoms with E-state index in [1.165, 1.54) is 9.71 Å². The van der Waals surface area contributed by atoms with Crippen LogP contribution in [-0.4, -0.2) is 31.3 Å². The third kappa shape index (κ3) is 2.81. The molecule has 1 aliphatic rings. The Kier molecular flexibility index (Phi) is 3.82. The smallest absolute Gasteiger partial charge is 0.0945 e. The molecule has 0 radical (unpaired) electrons. The molecule has 1 aromatic carbocycles. The molecule has 1 fully saturated rings. The fourth-order valence-electron chi connectivity index (χ4n) is 2.70. The van der Waals surface area contributed by atoms with Crippen molar-refractivity contribution in [2.24, 2.45) is 5.41 Å². The van der Waals surface area contributed by atoms with Gasteiger partial charge in [-0.25, -0.2) is 4.98 Å². The van der Waals surface area contributed by atoms with E-state index in [-0.39, 0.29) is 5.41 Å². The van der Waals surface area contributed by atoms with Gasteiger partial charge in [-0.05, 0) is 25.1 Å². The SMILES string of the molecule is CCNCC1(Cc2nc3ccccc3s2)CCOC1. The van der Waals surface area contributed by atoms with Crippen LogP contribution < -0.4 is 5.32 Å². The summed E-state index contributed by atoms with van der Waals surface area (Å²) in [5, 5.41) is 4.72. The number of hydrogen-bond donors (Lipinski definition) is 1. The monoisotopic (exact) mass is 276 g/mol. The second-order valence-corrected chi connectivity index (χ2v) is 6.45. The van der Waals surface area contributed by atoms with E-state index in [0.717, 1.165) is 44.7 Å². The molecule has 0 aliphatic carbocycles.